The van der Waals surface area contributed by atoms with Crippen LogP contribution >= 0.6 is 0 Å². The summed E-state index contributed by atoms with van der Waals surface area (Å²) in [6, 6.07) is 8.37. The highest BCUT2D eigenvalue weighted by Gasteiger charge is 2.34. The molecular weight excluding hydrogens is 428 g/mol. The number of anilines is 1. The van der Waals surface area contributed by atoms with E-state index in [4.69, 9.17) is 4.98 Å². The van der Waals surface area contributed by atoms with Crippen LogP contribution in [0.25, 0.3) is 27.8 Å². The summed E-state index contributed by atoms with van der Waals surface area (Å²) in [6.45, 7) is 3.06. The maximum Gasteiger partial charge on any atom is 0.225 e. The summed E-state index contributed by atoms with van der Waals surface area (Å²) in [4.78, 5) is 21.3. The molecule has 2 fully saturated rings. The topological polar surface area (TPSA) is 95.3 Å². The van der Waals surface area contributed by atoms with E-state index in [9.17, 15) is 10.1 Å². The molecule has 0 N–H and O–H groups in total. The third-order valence-electron chi connectivity index (χ3n) is 6.67. The molecule has 1 amide bonds. The van der Waals surface area contributed by atoms with Gasteiger partial charge in [0.2, 0.25) is 5.91 Å². The molecular formula is C25H24N8O. The van der Waals surface area contributed by atoms with Crippen molar-refractivity contribution in [2.45, 2.75) is 12.8 Å². The lowest BCUT2D eigenvalue weighted by molar-refractivity contribution is -0.132. The largest absolute Gasteiger partial charge is 0.353 e. The van der Waals surface area contributed by atoms with Crippen molar-refractivity contribution in [3.8, 4) is 28.3 Å². The number of carbonyl (C=O) groups excluding carboxylic acids is 1. The number of nitriles is 1. The van der Waals surface area contributed by atoms with Crippen LogP contribution in [0.4, 0.5) is 5.82 Å². The summed E-state index contributed by atoms with van der Waals surface area (Å²) in [5.41, 5.74) is 5.03. The second-order valence-electron chi connectivity index (χ2n) is 9.00. The first-order chi connectivity index (χ1) is 16.6. The first-order valence-corrected chi connectivity index (χ1v) is 11.5. The zero-order chi connectivity index (χ0) is 23.2. The molecule has 6 rings (SSSR count). The number of amides is 1. The van der Waals surface area contributed by atoms with E-state index >= 15 is 0 Å². The SMILES string of the molecule is Cn1cc(-c2cc(-c3ccc(N4CCN(C(=O)C5CC5)CC4)nc3)c3c(C#N)cnn3c2)cn1. The van der Waals surface area contributed by atoms with Crippen LogP contribution < -0.4 is 4.90 Å². The number of hydrogen-bond acceptors (Lipinski definition) is 6. The number of piperazine rings is 1. The van der Waals surface area contributed by atoms with Crippen LogP contribution in [0.15, 0.2) is 49.2 Å². The molecule has 9 heteroatoms. The Morgan fingerprint density at radius 1 is 1.00 bits per heavy atom. The van der Waals surface area contributed by atoms with Crippen molar-refractivity contribution in [1.82, 2.24) is 29.3 Å². The summed E-state index contributed by atoms with van der Waals surface area (Å²) < 4.78 is 3.51. The predicted octanol–water partition coefficient (Wildman–Crippen LogP) is 2.73. The zero-order valence-corrected chi connectivity index (χ0v) is 18.9. The Morgan fingerprint density at radius 3 is 2.47 bits per heavy atom. The molecule has 1 saturated heterocycles. The standard InChI is InChI=1S/C25H24N8O/c1-30-15-21(14-28-30)19-10-22(24-20(11-26)13-29-33(24)16-19)18-4-5-23(27-12-18)31-6-8-32(9-7-31)25(34)17-2-3-17/h4-5,10,12-17H,2-3,6-9H2,1H3. The highest BCUT2D eigenvalue weighted by molar-refractivity contribution is 5.87. The number of nitrogens with zero attached hydrogens (tertiary/aromatic N) is 8. The van der Waals surface area contributed by atoms with Crippen molar-refractivity contribution < 1.29 is 4.79 Å². The van der Waals surface area contributed by atoms with Gasteiger partial charge >= 0.3 is 0 Å². The van der Waals surface area contributed by atoms with Gasteiger partial charge in [0.25, 0.3) is 0 Å². The van der Waals surface area contributed by atoms with Gasteiger partial charge in [-0.3, -0.25) is 9.48 Å². The maximum atomic E-state index is 12.3. The molecule has 0 unspecified atom stereocenters. The van der Waals surface area contributed by atoms with Crippen LogP contribution in [0, 0.1) is 17.2 Å². The fourth-order valence-corrected chi connectivity index (χ4v) is 4.63. The number of aryl methyl sites for hydroxylation is 1. The van der Waals surface area contributed by atoms with E-state index in [1.165, 1.54) is 0 Å². The summed E-state index contributed by atoms with van der Waals surface area (Å²) in [6.07, 6.45) is 11.2. The summed E-state index contributed by atoms with van der Waals surface area (Å²) >= 11 is 0. The van der Waals surface area contributed by atoms with Gasteiger partial charge in [-0.05, 0) is 31.0 Å². The molecule has 0 bridgehead atoms. The monoisotopic (exact) mass is 452 g/mol. The van der Waals surface area contributed by atoms with Crippen molar-refractivity contribution in [3.05, 3.63) is 54.7 Å². The molecule has 0 aromatic carbocycles. The van der Waals surface area contributed by atoms with Gasteiger partial charge in [0, 0.05) is 80.0 Å². The van der Waals surface area contributed by atoms with Crippen LogP contribution in [-0.2, 0) is 11.8 Å². The summed E-state index contributed by atoms with van der Waals surface area (Å²) in [5.74, 6) is 1.48. The van der Waals surface area contributed by atoms with Crippen molar-refractivity contribution >= 4 is 17.2 Å². The molecule has 170 valence electrons. The molecule has 0 radical (unpaired) electrons. The highest BCUT2D eigenvalue weighted by Crippen LogP contribution is 2.33. The third-order valence-corrected chi connectivity index (χ3v) is 6.67. The van der Waals surface area contributed by atoms with Crippen LogP contribution in [0.2, 0.25) is 0 Å². The van der Waals surface area contributed by atoms with E-state index in [1.807, 2.05) is 48.9 Å². The Morgan fingerprint density at radius 2 is 1.82 bits per heavy atom. The van der Waals surface area contributed by atoms with Crippen molar-refractivity contribution in [3.63, 3.8) is 0 Å². The highest BCUT2D eigenvalue weighted by atomic mass is 16.2. The third kappa shape index (κ3) is 3.57. The van der Waals surface area contributed by atoms with Crippen LogP contribution in [0.1, 0.15) is 18.4 Å². The summed E-state index contributed by atoms with van der Waals surface area (Å²) in [7, 11) is 1.88. The minimum absolute atomic E-state index is 0.269. The molecule has 1 saturated carbocycles. The lowest BCUT2D eigenvalue weighted by Gasteiger charge is -2.35. The van der Waals surface area contributed by atoms with E-state index in [-0.39, 0.29) is 5.92 Å². The fourth-order valence-electron chi connectivity index (χ4n) is 4.63. The van der Waals surface area contributed by atoms with Crippen LogP contribution in [0.5, 0.6) is 0 Å². The van der Waals surface area contributed by atoms with Crippen molar-refractivity contribution in [2.24, 2.45) is 13.0 Å². The number of carbonyl (C=O) groups is 1. The number of rotatable bonds is 4. The Hall–Kier alpha value is -4.19. The molecule has 1 aliphatic heterocycles. The zero-order valence-electron chi connectivity index (χ0n) is 18.9. The second-order valence-corrected chi connectivity index (χ2v) is 9.00. The van der Waals surface area contributed by atoms with Gasteiger partial charge in [-0.15, -0.1) is 0 Å². The normalized spacial score (nSPS) is 16.1. The van der Waals surface area contributed by atoms with Gasteiger partial charge in [0.05, 0.1) is 23.5 Å². The molecule has 2 aliphatic rings. The average molecular weight is 453 g/mol. The molecule has 0 atom stereocenters. The number of hydrogen-bond donors (Lipinski definition) is 0. The van der Waals surface area contributed by atoms with Gasteiger partial charge in [-0.1, -0.05) is 0 Å². The van der Waals surface area contributed by atoms with E-state index < -0.39 is 0 Å². The van der Waals surface area contributed by atoms with Crippen molar-refractivity contribution in [1.29, 1.82) is 5.26 Å². The van der Waals surface area contributed by atoms with Gasteiger partial charge < -0.3 is 9.80 Å². The summed E-state index contributed by atoms with van der Waals surface area (Å²) in [5, 5.41) is 18.3. The minimum atomic E-state index is 0.269. The molecule has 34 heavy (non-hydrogen) atoms. The Bertz CT molecular complexity index is 1420. The average Bonchev–Trinajstić information content (AvgIpc) is 3.50. The molecule has 5 heterocycles. The van der Waals surface area contributed by atoms with Crippen molar-refractivity contribution in [2.75, 3.05) is 31.1 Å². The Labute approximate surface area is 196 Å². The van der Waals surface area contributed by atoms with E-state index in [2.05, 4.69) is 27.2 Å². The van der Waals surface area contributed by atoms with E-state index in [1.54, 1.807) is 15.4 Å². The van der Waals surface area contributed by atoms with Gasteiger partial charge in [0.1, 0.15) is 11.9 Å². The van der Waals surface area contributed by atoms with Gasteiger partial charge in [-0.25, -0.2) is 9.50 Å². The molecule has 4 aromatic rings. The first-order valence-electron chi connectivity index (χ1n) is 11.5. The van der Waals surface area contributed by atoms with Gasteiger partial charge in [-0.2, -0.15) is 15.5 Å². The minimum Gasteiger partial charge on any atom is -0.353 e. The molecule has 9 nitrogen and oxygen atoms in total. The molecule has 4 aromatic heterocycles. The van der Waals surface area contributed by atoms with Gasteiger partial charge in [0.15, 0.2) is 0 Å². The maximum absolute atomic E-state index is 12.3. The number of aromatic nitrogens is 5. The van der Waals surface area contributed by atoms with E-state index in [0.717, 1.165) is 72.6 Å². The Balaban J connectivity index is 1.30. The predicted molar refractivity (Wildman–Crippen MR) is 127 cm³/mol. The fraction of sp³-hybridized carbons (Fsp3) is 0.320. The van der Waals surface area contributed by atoms with E-state index in [0.29, 0.717) is 11.5 Å². The quantitative estimate of drug-likeness (QED) is 0.473. The Kier molecular flexibility index (Phi) is 4.80. The molecule has 0 spiro atoms. The lowest BCUT2D eigenvalue weighted by Crippen LogP contribution is -2.49. The van der Waals surface area contributed by atoms with Crippen LogP contribution in [-0.4, -0.2) is 61.4 Å². The lowest BCUT2D eigenvalue weighted by atomic mass is 10.0. The number of fused-ring (bicyclic) bond motifs is 1. The second kappa shape index (κ2) is 7.99. The molecule has 1 aliphatic carbocycles. The van der Waals surface area contributed by atoms with Crippen LogP contribution in [0.3, 0.4) is 0 Å². The first kappa shape index (κ1) is 20.4. The smallest absolute Gasteiger partial charge is 0.225 e. The number of pyridine rings is 2.